The summed E-state index contributed by atoms with van der Waals surface area (Å²) < 4.78 is 35.3. The maximum absolute atomic E-state index is 6.75. The molecule has 3 aromatic rings. The monoisotopic (exact) mass is 723 g/mol. The Morgan fingerprint density at radius 2 is 1.07 bits per heavy atom. The van der Waals surface area contributed by atoms with E-state index in [9.17, 15) is 0 Å². The molecule has 3 aliphatic rings. The van der Waals surface area contributed by atoms with Crippen molar-refractivity contribution in [3.8, 4) is 11.5 Å². The number of fused-ring (bicyclic) bond motifs is 2. The van der Waals surface area contributed by atoms with Gasteiger partial charge in [0.2, 0.25) is 0 Å². The van der Waals surface area contributed by atoms with Crippen molar-refractivity contribution in [2.75, 3.05) is 9.33 Å². The first kappa shape index (κ1) is 32.9. The molecule has 0 aliphatic carbocycles. The Labute approximate surface area is 281 Å². The van der Waals surface area contributed by atoms with Gasteiger partial charge in [0.05, 0.1) is 0 Å². The zero-order valence-electron chi connectivity index (χ0n) is 28.8. The molecule has 0 N–H and O–H groups in total. The Morgan fingerprint density at radius 3 is 1.47 bits per heavy atom. The quantitative estimate of drug-likeness (QED) is 0.0831. The molecule has 0 spiro atoms. The number of hydrogen-bond donors (Lipinski definition) is 0. The first-order chi connectivity index (χ1) is 21.0. The molecule has 0 atom stereocenters. The van der Waals surface area contributed by atoms with Crippen LogP contribution in [0.15, 0.2) is 48.5 Å². The molecule has 6 rings (SSSR count). The van der Waals surface area contributed by atoms with Crippen LogP contribution in [0.5, 0.6) is 11.5 Å². The van der Waals surface area contributed by atoms with Crippen LogP contribution in [0.2, 0.25) is 0 Å². The second-order valence-corrected chi connectivity index (χ2v) is 18.0. The molecule has 0 bridgehead atoms. The Kier molecular flexibility index (Phi) is 8.46. The predicted octanol–water partition coefficient (Wildman–Crippen LogP) is 8.15. The van der Waals surface area contributed by atoms with E-state index >= 15 is 0 Å². The number of hydrogen-bond acceptors (Lipinski definition) is 6. The number of aryl methyl sites for hydroxylation is 2. The van der Waals surface area contributed by atoms with Crippen molar-refractivity contribution in [3.05, 3.63) is 63.2 Å². The SMILES string of the molecule is CCCC[IH]c1cc(C)c(N2c3ccc(B4OC(C)(C)C(C)(C)O4)cc3Oc3cc(B4OC(C)(C)C(C)(C)O4)ccc32)c(C)c1. The van der Waals surface area contributed by atoms with Crippen LogP contribution in [-0.4, -0.2) is 41.1 Å². The molecular formula is C36H48B2INO5. The number of nitrogens with zero attached hydrogens (tertiary/aromatic N) is 1. The number of halogens is 1. The maximum atomic E-state index is 6.75. The van der Waals surface area contributed by atoms with Crippen LogP contribution in [0.1, 0.15) is 86.3 Å². The van der Waals surface area contributed by atoms with Gasteiger partial charge in [0.25, 0.3) is 0 Å². The van der Waals surface area contributed by atoms with Crippen molar-refractivity contribution in [1.29, 1.82) is 0 Å². The molecule has 3 aromatic carbocycles. The predicted molar refractivity (Wildman–Crippen MR) is 196 cm³/mol. The minimum atomic E-state index is -0.481. The molecule has 2 fully saturated rings. The van der Waals surface area contributed by atoms with E-state index in [4.69, 9.17) is 23.4 Å². The number of rotatable bonds is 7. The number of unbranched alkanes of at least 4 members (excludes halogenated alkanes) is 1. The first-order valence-corrected chi connectivity index (χ1v) is 19.1. The van der Waals surface area contributed by atoms with Gasteiger partial charge < -0.3 is 0 Å². The van der Waals surface area contributed by atoms with Gasteiger partial charge in [-0.05, 0) is 55.4 Å². The van der Waals surface area contributed by atoms with E-state index in [1.54, 1.807) is 0 Å². The van der Waals surface area contributed by atoms with E-state index in [1.165, 1.54) is 37.7 Å². The van der Waals surface area contributed by atoms with Crippen molar-refractivity contribution in [2.45, 2.75) is 111 Å². The van der Waals surface area contributed by atoms with Crippen LogP contribution in [0.4, 0.5) is 17.1 Å². The van der Waals surface area contributed by atoms with Gasteiger partial charge in [-0.2, -0.15) is 0 Å². The fourth-order valence-corrected chi connectivity index (χ4v) is 9.41. The van der Waals surface area contributed by atoms with Gasteiger partial charge in [-0.3, -0.25) is 0 Å². The van der Waals surface area contributed by atoms with Gasteiger partial charge in [0.1, 0.15) is 0 Å². The molecule has 45 heavy (non-hydrogen) atoms. The normalized spacial score (nSPS) is 20.7. The van der Waals surface area contributed by atoms with Gasteiger partial charge >= 0.3 is 227 Å². The van der Waals surface area contributed by atoms with Crippen molar-refractivity contribution in [3.63, 3.8) is 0 Å². The Bertz CT molecular complexity index is 1480. The van der Waals surface area contributed by atoms with Gasteiger partial charge in [-0.1, -0.05) is 0 Å². The molecular weight excluding hydrogens is 675 g/mol. The third-order valence-electron chi connectivity index (χ3n) is 10.2. The van der Waals surface area contributed by atoms with Crippen molar-refractivity contribution < 1.29 is 23.4 Å². The Morgan fingerprint density at radius 1 is 0.644 bits per heavy atom. The Hall–Kier alpha value is -2.04. The van der Waals surface area contributed by atoms with E-state index in [0.717, 1.165) is 33.8 Å². The molecule has 0 radical (unpaired) electrons. The second-order valence-electron chi connectivity index (χ2n) is 14.7. The van der Waals surface area contributed by atoms with Crippen molar-refractivity contribution in [2.24, 2.45) is 0 Å². The molecule has 3 heterocycles. The summed E-state index contributed by atoms with van der Waals surface area (Å²) >= 11 is -0.203. The molecule has 0 unspecified atom stereocenters. The standard InChI is InChI=1S/C36H48B2INO5/c1-12-13-18-39-27-19-23(2)32(24(3)20-27)40-28-16-14-25(37-42-33(4,5)34(6,7)43-37)21-30(28)41-31-22-26(15-17-29(31)40)38-44-35(8,9)36(10,11)45-38/h14-17,19-22,39H,12-13,18H2,1-11H3. The molecule has 9 heteroatoms. The summed E-state index contributed by atoms with van der Waals surface area (Å²) in [6.07, 6.45) is 2.56. The fraction of sp³-hybridized carbons (Fsp3) is 0.500. The number of benzene rings is 3. The van der Waals surface area contributed by atoms with E-state index in [-0.39, 0.29) is 21.2 Å². The fourth-order valence-electron chi connectivity index (χ4n) is 6.02. The van der Waals surface area contributed by atoms with E-state index in [1.807, 2.05) is 0 Å². The van der Waals surface area contributed by atoms with Crippen LogP contribution >= 0.6 is 21.2 Å². The zero-order chi connectivity index (χ0) is 32.5. The summed E-state index contributed by atoms with van der Waals surface area (Å²) in [6.45, 7) is 23.4. The van der Waals surface area contributed by atoms with Crippen LogP contribution in [0.3, 0.4) is 0 Å². The summed E-state index contributed by atoms with van der Waals surface area (Å²) in [5.74, 6) is 1.53. The van der Waals surface area contributed by atoms with Gasteiger partial charge in [0.15, 0.2) is 0 Å². The molecule has 240 valence electrons. The average Bonchev–Trinajstić information content (AvgIpc) is 3.31. The molecule has 0 saturated carbocycles. The second kappa shape index (κ2) is 11.6. The van der Waals surface area contributed by atoms with Crippen LogP contribution in [0.25, 0.3) is 0 Å². The Balaban J connectivity index is 1.44. The number of ether oxygens (including phenoxy) is 1. The van der Waals surface area contributed by atoms with Crippen molar-refractivity contribution >= 4 is 63.4 Å². The van der Waals surface area contributed by atoms with Crippen LogP contribution in [0, 0.1) is 17.4 Å². The van der Waals surface area contributed by atoms with Crippen LogP contribution in [-0.2, 0) is 18.6 Å². The van der Waals surface area contributed by atoms with E-state index in [0.29, 0.717) is 0 Å². The first-order valence-electron chi connectivity index (χ1n) is 16.2. The zero-order valence-corrected chi connectivity index (χ0v) is 31.1. The summed E-state index contributed by atoms with van der Waals surface area (Å²) in [5.41, 5.74) is 5.88. The number of anilines is 3. The number of alkyl halides is 1. The molecule has 6 nitrogen and oxygen atoms in total. The summed E-state index contributed by atoms with van der Waals surface area (Å²) in [5, 5.41) is 0. The van der Waals surface area contributed by atoms with Gasteiger partial charge in [-0.25, -0.2) is 0 Å². The topological polar surface area (TPSA) is 49.4 Å². The van der Waals surface area contributed by atoms with Gasteiger partial charge in [-0.15, -0.1) is 0 Å². The van der Waals surface area contributed by atoms with E-state index in [2.05, 4.69) is 130 Å². The minimum absolute atomic E-state index is 0.203. The van der Waals surface area contributed by atoms with Crippen molar-refractivity contribution in [1.82, 2.24) is 0 Å². The average molecular weight is 723 g/mol. The molecule has 3 aliphatic heterocycles. The van der Waals surface area contributed by atoms with Crippen LogP contribution < -0.4 is 20.6 Å². The summed E-state index contributed by atoms with van der Waals surface area (Å²) in [4.78, 5) is 2.36. The third kappa shape index (κ3) is 5.86. The molecule has 2 saturated heterocycles. The third-order valence-corrected chi connectivity index (χ3v) is 13.2. The van der Waals surface area contributed by atoms with E-state index < -0.39 is 36.6 Å². The summed E-state index contributed by atoms with van der Waals surface area (Å²) in [6, 6.07) is 17.5. The van der Waals surface area contributed by atoms with Gasteiger partial charge in [0, 0.05) is 0 Å². The molecule has 0 aromatic heterocycles. The molecule has 0 amide bonds. The summed E-state index contributed by atoms with van der Waals surface area (Å²) in [7, 11) is -0.962.